The highest BCUT2D eigenvalue weighted by atomic mass is 16.5. The third-order valence-electron chi connectivity index (χ3n) is 6.03. The molecule has 1 saturated heterocycles. The fraction of sp³-hybridized carbons (Fsp3) is 0.810. The summed E-state index contributed by atoms with van der Waals surface area (Å²) in [5.74, 6) is 0.939. The van der Waals surface area contributed by atoms with Crippen LogP contribution in [0.2, 0.25) is 0 Å². The van der Waals surface area contributed by atoms with Gasteiger partial charge in [0, 0.05) is 32.9 Å². The van der Waals surface area contributed by atoms with Crippen LogP contribution in [0.1, 0.15) is 82.8 Å². The Hall–Kier alpha value is -1.96. The van der Waals surface area contributed by atoms with Crippen molar-refractivity contribution < 1.29 is 14.1 Å². The highest BCUT2D eigenvalue weighted by molar-refractivity contribution is 5.76. The zero-order valence-corrected chi connectivity index (χ0v) is 17.7. The van der Waals surface area contributed by atoms with Gasteiger partial charge < -0.3 is 20.1 Å². The summed E-state index contributed by atoms with van der Waals surface area (Å²) in [6.07, 6.45) is 10.6. The van der Waals surface area contributed by atoms with Crippen molar-refractivity contribution in [1.29, 1.82) is 0 Å². The number of nitrogens with zero attached hydrogens (tertiary/aromatic N) is 3. The van der Waals surface area contributed by atoms with E-state index in [0.717, 1.165) is 58.2 Å². The molecule has 2 aliphatic rings. The Morgan fingerprint density at radius 3 is 2.45 bits per heavy atom. The number of piperidine rings is 1. The molecule has 0 bridgehead atoms. The van der Waals surface area contributed by atoms with Gasteiger partial charge in [-0.25, -0.2) is 0 Å². The van der Waals surface area contributed by atoms with Gasteiger partial charge in [-0.05, 0) is 38.8 Å². The van der Waals surface area contributed by atoms with E-state index in [-0.39, 0.29) is 11.8 Å². The van der Waals surface area contributed by atoms with Crippen LogP contribution >= 0.6 is 0 Å². The van der Waals surface area contributed by atoms with E-state index in [1.807, 2.05) is 0 Å². The number of carbonyl (C=O) groups is 2. The Morgan fingerprint density at radius 1 is 1.07 bits per heavy atom. The van der Waals surface area contributed by atoms with Crippen LogP contribution in [-0.4, -0.2) is 53.0 Å². The Labute approximate surface area is 173 Å². The monoisotopic (exact) mass is 405 g/mol. The number of likely N-dealkylation sites (tertiary alicyclic amines) is 1. The molecule has 2 N–H and O–H groups in total. The molecule has 0 spiro atoms. The molecule has 1 saturated carbocycles. The molecule has 1 aliphatic carbocycles. The Morgan fingerprint density at radius 2 is 1.76 bits per heavy atom. The lowest BCUT2D eigenvalue weighted by molar-refractivity contribution is -0.122. The minimum Gasteiger partial charge on any atom is -0.355 e. The molecular weight excluding hydrogens is 370 g/mol. The van der Waals surface area contributed by atoms with Crippen molar-refractivity contribution in [3.05, 3.63) is 11.7 Å². The minimum absolute atomic E-state index is 0.00722. The van der Waals surface area contributed by atoms with Crippen LogP contribution in [0, 0.1) is 0 Å². The first kappa shape index (κ1) is 21.7. The van der Waals surface area contributed by atoms with Gasteiger partial charge in [-0.1, -0.05) is 37.3 Å². The molecule has 1 aromatic rings. The maximum atomic E-state index is 12.1. The summed E-state index contributed by atoms with van der Waals surface area (Å²) in [6, 6.07) is 0. The lowest BCUT2D eigenvalue weighted by Gasteiger charge is -2.30. The number of aromatic nitrogens is 2. The van der Waals surface area contributed by atoms with Crippen LogP contribution < -0.4 is 10.6 Å². The van der Waals surface area contributed by atoms with Crippen molar-refractivity contribution in [3.63, 3.8) is 0 Å². The Bertz CT molecular complexity index is 661. The Kier molecular flexibility index (Phi) is 8.03. The molecule has 0 atom stereocenters. The van der Waals surface area contributed by atoms with Gasteiger partial charge in [-0.15, -0.1) is 0 Å². The predicted molar refractivity (Wildman–Crippen MR) is 109 cm³/mol. The van der Waals surface area contributed by atoms with E-state index < -0.39 is 5.54 Å². The Balaban J connectivity index is 1.48. The lowest BCUT2D eigenvalue weighted by atomic mass is 9.89. The molecule has 8 nitrogen and oxygen atoms in total. The van der Waals surface area contributed by atoms with Crippen molar-refractivity contribution in [1.82, 2.24) is 25.7 Å². The van der Waals surface area contributed by atoms with Gasteiger partial charge in [0.15, 0.2) is 5.82 Å². The first-order valence-corrected chi connectivity index (χ1v) is 11.2. The third kappa shape index (κ3) is 6.52. The summed E-state index contributed by atoms with van der Waals surface area (Å²) in [4.78, 5) is 30.9. The minimum atomic E-state index is -0.541. The second-order valence-corrected chi connectivity index (χ2v) is 8.44. The average molecular weight is 406 g/mol. The highest BCUT2D eigenvalue weighted by Crippen LogP contribution is 2.34. The largest absolute Gasteiger partial charge is 0.355 e. The molecule has 2 fully saturated rings. The molecule has 1 aromatic heterocycles. The van der Waals surface area contributed by atoms with E-state index >= 15 is 0 Å². The zero-order valence-electron chi connectivity index (χ0n) is 17.7. The number of hydrogen-bond donors (Lipinski definition) is 2. The van der Waals surface area contributed by atoms with Gasteiger partial charge in [0.05, 0.1) is 0 Å². The van der Waals surface area contributed by atoms with E-state index in [1.165, 1.54) is 26.2 Å². The molecule has 8 heteroatoms. The van der Waals surface area contributed by atoms with Crippen molar-refractivity contribution in [2.75, 3.05) is 26.2 Å². The molecular formula is C21H35N5O3. The third-order valence-corrected chi connectivity index (χ3v) is 6.03. The van der Waals surface area contributed by atoms with Gasteiger partial charge in [-0.2, -0.15) is 4.98 Å². The average Bonchev–Trinajstić information content (AvgIpc) is 3.07. The zero-order chi connectivity index (χ0) is 20.5. The molecule has 1 aliphatic heterocycles. The summed E-state index contributed by atoms with van der Waals surface area (Å²) < 4.78 is 5.41. The summed E-state index contributed by atoms with van der Waals surface area (Å²) >= 11 is 0. The van der Waals surface area contributed by atoms with E-state index in [0.29, 0.717) is 31.1 Å². The smallest absolute Gasteiger partial charge is 0.227 e. The second kappa shape index (κ2) is 10.7. The fourth-order valence-electron chi connectivity index (χ4n) is 4.47. The molecule has 0 aromatic carbocycles. The molecule has 2 heterocycles. The van der Waals surface area contributed by atoms with E-state index in [2.05, 4.69) is 25.7 Å². The summed E-state index contributed by atoms with van der Waals surface area (Å²) in [5, 5.41) is 10.2. The lowest BCUT2D eigenvalue weighted by Crippen LogP contribution is -2.45. The van der Waals surface area contributed by atoms with Crippen molar-refractivity contribution in [2.24, 2.45) is 0 Å². The number of amides is 2. The predicted octanol–water partition coefficient (Wildman–Crippen LogP) is 2.29. The van der Waals surface area contributed by atoms with Gasteiger partial charge in [0.1, 0.15) is 5.54 Å². The molecule has 3 rings (SSSR count). The van der Waals surface area contributed by atoms with Crippen molar-refractivity contribution >= 4 is 11.8 Å². The molecule has 29 heavy (non-hydrogen) atoms. The van der Waals surface area contributed by atoms with Crippen molar-refractivity contribution in [2.45, 2.75) is 83.1 Å². The van der Waals surface area contributed by atoms with Crippen LogP contribution in [0.15, 0.2) is 4.52 Å². The van der Waals surface area contributed by atoms with Crippen molar-refractivity contribution in [3.8, 4) is 0 Å². The first-order chi connectivity index (χ1) is 14.1. The van der Waals surface area contributed by atoms with Gasteiger partial charge >= 0.3 is 0 Å². The van der Waals surface area contributed by atoms with Crippen LogP contribution in [0.5, 0.6) is 0 Å². The highest BCUT2D eigenvalue weighted by Gasteiger charge is 2.38. The number of nitrogens with one attached hydrogen (secondary N) is 2. The number of aryl methyl sites for hydroxylation is 1. The van der Waals surface area contributed by atoms with E-state index in [4.69, 9.17) is 4.52 Å². The molecule has 162 valence electrons. The number of rotatable bonds is 8. The summed E-state index contributed by atoms with van der Waals surface area (Å²) in [5.41, 5.74) is -0.541. The fourth-order valence-corrected chi connectivity index (χ4v) is 4.47. The summed E-state index contributed by atoms with van der Waals surface area (Å²) in [6.45, 7) is 5.39. The normalized spacial score (nSPS) is 20.0. The molecule has 0 radical (unpaired) electrons. The number of hydrogen-bond acceptors (Lipinski definition) is 6. The van der Waals surface area contributed by atoms with Gasteiger partial charge in [-0.3, -0.25) is 9.59 Å². The van der Waals surface area contributed by atoms with E-state index in [9.17, 15) is 9.59 Å². The first-order valence-electron chi connectivity index (χ1n) is 11.2. The van der Waals surface area contributed by atoms with E-state index in [1.54, 1.807) is 0 Å². The quantitative estimate of drug-likeness (QED) is 0.644. The second-order valence-electron chi connectivity index (χ2n) is 8.44. The number of carbonyl (C=O) groups excluding carboxylic acids is 2. The van der Waals surface area contributed by atoms with Gasteiger partial charge in [0.2, 0.25) is 17.7 Å². The molecule has 2 amide bonds. The summed E-state index contributed by atoms with van der Waals surface area (Å²) in [7, 11) is 0. The van der Waals surface area contributed by atoms with Crippen LogP contribution in [0.3, 0.4) is 0 Å². The molecule has 0 unspecified atom stereocenters. The topological polar surface area (TPSA) is 100 Å². The van der Waals surface area contributed by atoms with Crippen LogP contribution in [0.4, 0.5) is 0 Å². The van der Waals surface area contributed by atoms with Gasteiger partial charge in [0.25, 0.3) is 0 Å². The van der Waals surface area contributed by atoms with Crippen LogP contribution in [0.25, 0.3) is 0 Å². The maximum Gasteiger partial charge on any atom is 0.227 e. The van der Waals surface area contributed by atoms with Crippen LogP contribution in [-0.2, 0) is 21.5 Å². The maximum absolute atomic E-state index is 12.1. The standard InChI is InChI=1S/C21H35N5O3/c1-17(27)24-21(11-5-2-3-6-12-21)20-23-19(29-25-20)10-9-18(28)22-13-16-26-14-7-4-8-15-26/h2-16H2,1H3,(H,22,28)(H,24,27). The SMILES string of the molecule is CC(=O)NC1(c2noc(CCC(=O)NCCN3CCCCC3)n2)CCCCCC1.